The quantitative estimate of drug-likeness (QED) is 0.0325. The molecule has 2 aromatic carbocycles. The van der Waals surface area contributed by atoms with Crippen molar-refractivity contribution in [2.45, 2.75) is 64.8 Å². The molecule has 0 aliphatic carbocycles. The molecule has 4 rings (SSSR count). The van der Waals surface area contributed by atoms with Crippen LogP contribution in [0.25, 0.3) is 17.1 Å². The van der Waals surface area contributed by atoms with Crippen LogP contribution in [-0.2, 0) is 54.1 Å². The maximum Gasteiger partial charge on any atom is 0.320 e. The number of piperidine rings is 1. The van der Waals surface area contributed by atoms with Crippen molar-refractivity contribution < 1.29 is 87.9 Å². The molecule has 1 saturated heterocycles. The summed E-state index contributed by atoms with van der Waals surface area (Å²) in [6.07, 6.45) is 2.40. The number of likely N-dealkylation sites (tertiary alicyclic amines) is 1. The molecular weight excluding hydrogens is 1130 g/mol. The number of carbonyl (C=O) groups excluding carboxylic acids is 4. The Balaban J connectivity index is 1.07. The number of benzene rings is 2. The molecule has 1 unspecified atom stereocenters. The fourth-order valence-electron chi connectivity index (χ4n) is 9.23. The number of aromatic hydroxyl groups is 2. The zero-order chi connectivity index (χ0) is 62.8. The SMILES string of the molecule is CC(=O)N1CCC(Cc2ccc(-n3c(C(=O)NCCNC(=O)NCCOCCOCCOCCOCCNC(=O)CCC(C(=O)O)N(CCNCC(=O)O)CCN(CCNCC(=O)O)CC(=O)O)nnc3-c3cc(C(C)C)c(O)cc3O)cc2)CC1. The number of amides is 5. The number of nitrogens with zero attached hydrogens (tertiary/aromatic N) is 6. The molecule has 5 amide bonds. The normalized spacial score (nSPS) is 13.0. The van der Waals surface area contributed by atoms with Crippen LogP contribution in [0.2, 0.25) is 0 Å². The molecule has 0 bridgehead atoms. The van der Waals surface area contributed by atoms with Gasteiger partial charge < -0.3 is 86.4 Å². The zero-order valence-electron chi connectivity index (χ0n) is 49.3. The molecule has 478 valence electrons. The third kappa shape index (κ3) is 26.8. The molecule has 0 radical (unpaired) electrons. The molecule has 1 aliphatic rings. The molecule has 1 aromatic heterocycles. The minimum atomic E-state index is -1.22. The second-order valence-electron chi connectivity index (χ2n) is 20.6. The van der Waals surface area contributed by atoms with Crippen molar-refractivity contribution in [3.8, 4) is 28.6 Å². The van der Waals surface area contributed by atoms with E-state index in [0.717, 1.165) is 37.9 Å². The molecule has 0 saturated carbocycles. The van der Waals surface area contributed by atoms with Crippen molar-refractivity contribution in [1.82, 2.24) is 61.4 Å². The van der Waals surface area contributed by atoms with E-state index in [0.29, 0.717) is 17.2 Å². The van der Waals surface area contributed by atoms with Crippen molar-refractivity contribution >= 4 is 47.6 Å². The molecule has 0 spiro atoms. The summed E-state index contributed by atoms with van der Waals surface area (Å²) in [7, 11) is 0. The van der Waals surface area contributed by atoms with E-state index in [9.17, 15) is 58.8 Å². The summed E-state index contributed by atoms with van der Waals surface area (Å²) in [5, 5.41) is 83.5. The standard InChI is InChI=1S/C56H86N12O18/c1-38(2)43-33-44(47(71)34-46(43)70)52-63-64-53(68(52)42-6-4-40(5-7-42)32-41-10-18-66(19-11-41)39(3)69)54(79)60-12-13-61-56(82)62-17-25-84-27-29-86-31-30-85-28-26-83-24-16-59-48(72)9-8-45(55(80)81)67(21-15-58-36-50(75)76)23-22-65(37-51(77)78)20-14-57-35-49(73)74/h4-7,33-34,38,41,45,57-58,70-71H,8-32,35-37H2,1-3H3,(H,59,72)(H,60,79)(H,73,74)(H,75,76)(H,77,78)(H,80,81)(H2,61,62,82). The van der Waals surface area contributed by atoms with Gasteiger partial charge in [-0.2, -0.15) is 0 Å². The molecule has 3 aromatic rings. The van der Waals surface area contributed by atoms with E-state index in [4.69, 9.17) is 29.2 Å². The Morgan fingerprint density at radius 2 is 1.22 bits per heavy atom. The summed E-state index contributed by atoms with van der Waals surface area (Å²) < 4.78 is 23.6. The number of phenols is 2. The number of carbonyl (C=O) groups is 8. The highest BCUT2D eigenvalue weighted by molar-refractivity contribution is 5.92. The zero-order valence-corrected chi connectivity index (χ0v) is 49.3. The summed E-state index contributed by atoms with van der Waals surface area (Å²) in [4.78, 5) is 101. The maximum absolute atomic E-state index is 13.7. The monoisotopic (exact) mass is 1210 g/mol. The van der Waals surface area contributed by atoms with Gasteiger partial charge in [0.2, 0.25) is 17.6 Å². The van der Waals surface area contributed by atoms with Gasteiger partial charge in [-0.05, 0) is 66.8 Å². The number of hydrogen-bond acceptors (Lipinski definition) is 20. The van der Waals surface area contributed by atoms with Gasteiger partial charge in [-0.1, -0.05) is 26.0 Å². The molecule has 1 atom stereocenters. The number of urea groups is 1. The van der Waals surface area contributed by atoms with Gasteiger partial charge in [0.25, 0.3) is 5.91 Å². The van der Waals surface area contributed by atoms with Crippen molar-refractivity contribution in [2.24, 2.45) is 5.92 Å². The van der Waals surface area contributed by atoms with Gasteiger partial charge in [0.1, 0.15) is 17.5 Å². The lowest BCUT2D eigenvalue weighted by atomic mass is 9.90. The van der Waals surface area contributed by atoms with E-state index in [2.05, 4.69) is 42.1 Å². The summed E-state index contributed by atoms with van der Waals surface area (Å²) >= 11 is 0. The Labute approximate surface area is 499 Å². The summed E-state index contributed by atoms with van der Waals surface area (Å²) in [6, 6.07) is 8.91. The highest BCUT2D eigenvalue weighted by Crippen LogP contribution is 2.38. The van der Waals surface area contributed by atoms with E-state index in [-0.39, 0.29) is 191 Å². The Kier molecular flexibility index (Phi) is 32.3. The average molecular weight is 1220 g/mol. The first-order chi connectivity index (χ1) is 41.2. The van der Waals surface area contributed by atoms with Gasteiger partial charge in [0.15, 0.2) is 5.82 Å². The summed E-state index contributed by atoms with van der Waals surface area (Å²) in [6.45, 7) is 8.93. The second kappa shape index (κ2) is 39.2. The largest absolute Gasteiger partial charge is 0.508 e. The van der Waals surface area contributed by atoms with E-state index < -0.39 is 47.8 Å². The van der Waals surface area contributed by atoms with Crippen LogP contribution in [0.5, 0.6) is 11.5 Å². The van der Waals surface area contributed by atoms with Crippen LogP contribution in [0.3, 0.4) is 0 Å². The highest BCUT2D eigenvalue weighted by atomic mass is 16.6. The van der Waals surface area contributed by atoms with Crippen LogP contribution in [0, 0.1) is 5.92 Å². The van der Waals surface area contributed by atoms with Crippen molar-refractivity contribution in [3.63, 3.8) is 0 Å². The molecule has 1 fully saturated rings. The first-order valence-corrected chi connectivity index (χ1v) is 28.7. The smallest absolute Gasteiger partial charge is 0.320 e. The topological polar surface area (TPSA) is 407 Å². The number of nitrogens with one attached hydrogen (secondary N) is 6. The highest BCUT2D eigenvalue weighted by Gasteiger charge is 2.28. The van der Waals surface area contributed by atoms with Gasteiger partial charge in [-0.3, -0.25) is 47.9 Å². The first-order valence-electron chi connectivity index (χ1n) is 28.7. The molecule has 2 heterocycles. The van der Waals surface area contributed by atoms with Crippen LogP contribution in [-0.4, -0.2) is 265 Å². The first kappa shape index (κ1) is 70.9. The fourth-order valence-corrected chi connectivity index (χ4v) is 9.23. The Morgan fingerprint density at radius 1 is 0.651 bits per heavy atom. The van der Waals surface area contributed by atoms with Gasteiger partial charge in [-0.25, -0.2) is 4.79 Å². The predicted molar refractivity (Wildman–Crippen MR) is 310 cm³/mol. The van der Waals surface area contributed by atoms with Crippen LogP contribution in [0.1, 0.15) is 74.1 Å². The van der Waals surface area contributed by atoms with Crippen LogP contribution < -0.4 is 31.9 Å². The Hall–Kier alpha value is -7.58. The van der Waals surface area contributed by atoms with Crippen LogP contribution in [0.4, 0.5) is 4.79 Å². The lowest BCUT2D eigenvalue weighted by Crippen LogP contribution is -2.49. The Morgan fingerprint density at radius 3 is 1.79 bits per heavy atom. The lowest BCUT2D eigenvalue weighted by molar-refractivity contribution is -0.144. The number of hydrogen-bond donors (Lipinski definition) is 12. The number of carboxylic acid groups (broad SMARTS) is 4. The number of carboxylic acids is 4. The molecule has 1 aliphatic heterocycles. The summed E-state index contributed by atoms with van der Waals surface area (Å²) in [5.74, 6) is -5.31. The number of phenolic OH excluding ortho intramolecular Hbond substituents is 2. The van der Waals surface area contributed by atoms with Gasteiger partial charge in [0, 0.05) is 104 Å². The summed E-state index contributed by atoms with van der Waals surface area (Å²) in [5.41, 5.74) is 2.50. The third-order valence-electron chi connectivity index (χ3n) is 13.7. The number of rotatable bonds is 44. The number of ether oxygens (including phenoxy) is 4. The van der Waals surface area contributed by atoms with E-state index in [1.54, 1.807) is 17.6 Å². The molecule has 12 N–H and O–H groups in total. The maximum atomic E-state index is 13.7. The Bertz CT molecular complexity index is 2620. The third-order valence-corrected chi connectivity index (χ3v) is 13.7. The minimum absolute atomic E-state index is 0.0507. The number of aromatic nitrogens is 3. The van der Waals surface area contributed by atoms with Crippen molar-refractivity contribution in [3.05, 3.63) is 53.3 Å². The molecule has 30 nitrogen and oxygen atoms in total. The molecule has 86 heavy (non-hydrogen) atoms. The van der Waals surface area contributed by atoms with Crippen LogP contribution >= 0.6 is 0 Å². The molecule has 30 heteroatoms. The fraction of sp³-hybridized carbons (Fsp3) is 0.607. The van der Waals surface area contributed by atoms with E-state index in [1.807, 2.05) is 43.0 Å². The second-order valence-corrected chi connectivity index (χ2v) is 20.6. The van der Waals surface area contributed by atoms with Crippen LogP contribution in [0.15, 0.2) is 36.4 Å². The van der Waals surface area contributed by atoms with E-state index >= 15 is 0 Å². The molecular formula is C56H86N12O18. The predicted octanol–water partition coefficient (Wildman–Crippen LogP) is -0.248. The lowest BCUT2D eigenvalue weighted by Gasteiger charge is -2.31. The van der Waals surface area contributed by atoms with Gasteiger partial charge in [-0.15, -0.1) is 10.2 Å². The average Bonchev–Trinajstić information content (AvgIpc) is 2.65. The van der Waals surface area contributed by atoms with Crippen molar-refractivity contribution in [1.29, 1.82) is 0 Å². The van der Waals surface area contributed by atoms with Gasteiger partial charge >= 0.3 is 29.9 Å². The van der Waals surface area contributed by atoms with Gasteiger partial charge in [0.05, 0.1) is 78.1 Å². The van der Waals surface area contributed by atoms with E-state index in [1.165, 1.54) is 15.9 Å². The minimum Gasteiger partial charge on any atom is -0.508 e. The van der Waals surface area contributed by atoms with Crippen molar-refractivity contribution in [2.75, 3.05) is 151 Å². The number of aliphatic carboxylic acids is 4.